The van der Waals surface area contributed by atoms with Crippen molar-refractivity contribution in [2.75, 3.05) is 11.1 Å². The van der Waals surface area contributed by atoms with E-state index in [9.17, 15) is 0 Å². The molecule has 0 saturated heterocycles. The summed E-state index contributed by atoms with van der Waals surface area (Å²) < 4.78 is 0. The summed E-state index contributed by atoms with van der Waals surface area (Å²) in [6.07, 6.45) is 4.94. The number of nitrogen functional groups attached to an aromatic ring is 1. The van der Waals surface area contributed by atoms with Gasteiger partial charge in [0.1, 0.15) is 5.82 Å². The van der Waals surface area contributed by atoms with Crippen molar-refractivity contribution >= 4 is 11.8 Å². The van der Waals surface area contributed by atoms with Crippen molar-refractivity contribution in [2.45, 2.75) is 45.2 Å². The lowest BCUT2D eigenvalue weighted by atomic mass is 10.1. The minimum absolute atomic E-state index is 0.208. The molecule has 1 aromatic heterocycles. The molecule has 5 heteroatoms. The smallest absolute Gasteiger partial charge is 0.222 e. The fourth-order valence-corrected chi connectivity index (χ4v) is 2.39. The maximum Gasteiger partial charge on any atom is 0.222 e. The van der Waals surface area contributed by atoms with Gasteiger partial charge in [0.25, 0.3) is 0 Å². The zero-order valence-corrected chi connectivity index (χ0v) is 13.1. The van der Waals surface area contributed by atoms with Crippen LogP contribution in [-0.4, -0.2) is 16.1 Å². The highest BCUT2D eigenvalue weighted by atomic mass is 15.1. The highest BCUT2D eigenvalue weighted by Gasteiger charge is 2.07. The number of nitrogens with two attached hydrogens (primary N) is 2. The first-order valence-electron chi connectivity index (χ1n) is 7.87. The van der Waals surface area contributed by atoms with E-state index in [0.717, 1.165) is 25.0 Å². The lowest BCUT2D eigenvalue weighted by molar-refractivity contribution is 0.705. The Labute approximate surface area is 132 Å². The van der Waals surface area contributed by atoms with Crippen LogP contribution in [0.1, 0.15) is 37.4 Å². The molecule has 0 saturated carbocycles. The van der Waals surface area contributed by atoms with Crippen molar-refractivity contribution in [3.05, 3.63) is 47.7 Å². The van der Waals surface area contributed by atoms with Crippen LogP contribution >= 0.6 is 0 Å². The maximum absolute atomic E-state index is 6.15. The van der Waals surface area contributed by atoms with E-state index in [1.54, 1.807) is 0 Å². The minimum atomic E-state index is -0.208. The van der Waals surface area contributed by atoms with Crippen LogP contribution in [0.25, 0.3) is 0 Å². The molecule has 0 aliphatic heterocycles. The lowest BCUT2D eigenvalue weighted by Crippen LogP contribution is -2.32. The molecule has 0 bridgehead atoms. The zero-order valence-electron chi connectivity index (χ0n) is 13.1. The molecule has 2 rings (SSSR count). The second-order valence-corrected chi connectivity index (χ2v) is 5.50. The standard InChI is InChI=1S/C17H25N5/c1-2-3-5-10-14-12-16(22-17(19)20-14)21-15(18)11-13-8-6-4-7-9-13/h4,6-9,12,15H,2-3,5,10-11,18H2,1H3,(H3,19,20,21,22). The van der Waals surface area contributed by atoms with Gasteiger partial charge in [-0.3, -0.25) is 0 Å². The zero-order chi connectivity index (χ0) is 15.8. The number of unbranched alkanes of at least 4 members (excludes halogenated alkanes) is 2. The van der Waals surface area contributed by atoms with Crippen LogP contribution in [0, 0.1) is 0 Å². The summed E-state index contributed by atoms with van der Waals surface area (Å²) in [4.78, 5) is 8.50. The molecule has 0 radical (unpaired) electrons. The summed E-state index contributed by atoms with van der Waals surface area (Å²) in [7, 11) is 0. The monoisotopic (exact) mass is 299 g/mol. The van der Waals surface area contributed by atoms with E-state index in [0.29, 0.717) is 11.8 Å². The molecule has 0 spiro atoms. The van der Waals surface area contributed by atoms with Gasteiger partial charge in [-0.2, -0.15) is 4.98 Å². The number of aryl methyl sites for hydroxylation is 1. The van der Waals surface area contributed by atoms with Gasteiger partial charge in [-0.15, -0.1) is 0 Å². The molecule has 0 amide bonds. The third-order valence-corrected chi connectivity index (χ3v) is 3.46. The molecule has 1 heterocycles. The molecule has 0 aliphatic rings. The van der Waals surface area contributed by atoms with Gasteiger partial charge < -0.3 is 16.8 Å². The molecule has 2 aromatic rings. The third kappa shape index (κ3) is 5.33. The molecule has 118 valence electrons. The third-order valence-electron chi connectivity index (χ3n) is 3.46. The first-order chi connectivity index (χ1) is 10.7. The first-order valence-corrected chi connectivity index (χ1v) is 7.87. The Balaban J connectivity index is 1.96. The molecule has 22 heavy (non-hydrogen) atoms. The van der Waals surface area contributed by atoms with E-state index in [-0.39, 0.29) is 6.17 Å². The molecule has 0 fully saturated rings. The number of rotatable bonds is 8. The Morgan fingerprint density at radius 2 is 1.91 bits per heavy atom. The number of nitrogens with one attached hydrogen (secondary N) is 1. The van der Waals surface area contributed by atoms with Crippen molar-refractivity contribution in [3.63, 3.8) is 0 Å². The van der Waals surface area contributed by atoms with Gasteiger partial charge in [0.15, 0.2) is 0 Å². The van der Waals surface area contributed by atoms with Crippen molar-refractivity contribution in [1.82, 2.24) is 9.97 Å². The lowest BCUT2D eigenvalue weighted by Gasteiger charge is -2.15. The molecule has 5 nitrogen and oxygen atoms in total. The summed E-state index contributed by atoms with van der Waals surface area (Å²) in [5.41, 5.74) is 14.1. The highest BCUT2D eigenvalue weighted by Crippen LogP contribution is 2.13. The van der Waals surface area contributed by atoms with Crippen LogP contribution in [0.4, 0.5) is 11.8 Å². The Morgan fingerprint density at radius 1 is 1.14 bits per heavy atom. The highest BCUT2D eigenvalue weighted by molar-refractivity contribution is 5.41. The average molecular weight is 299 g/mol. The van der Waals surface area contributed by atoms with Crippen LogP contribution < -0.4 is 16.8 Å². The SMILES string of the molecule is CCCCCc1cc(NC(N)Cc2ccccc2)nc(N)n1. The fourth-order valence-electron chi connectivity index (χ4n) is 2.39. The minimum Gasteiger partial charge on any atom is -0.368 e. The molecule has 1 atom stereocenters. The quantitative estimate of drug-likeness (QED) is 0.515. The summed E-state index contributed by atoms with van der Waals surface area (Å²) in [5.74, 6) is 0.992. The van der Waals surface area contributed by atoms with Crippen LogP contribution in [-0.2, 0) is 12.8 Å². The fraction of sp³-hybridized carbons (Fsp3) is 0.412. The second kappa shape index (κ2) is 8.34. The van der Waals surface area contributed by atoms with E-state index in [2.05, 4.69) is 34.3 Å². The number of anilines is 2. The summed E-state index contributed by atoms with van der Waals surface area (Å²) >= 11 is 0. The van der Waals surface area contributed by atoms with Crippen molar-refractivity contribution in [1.29, 1.82) is 0 Å². The van der Waals surface area contributed by atoms with Crippen LogP contribution in [0.5, 0.6) is 0 Å². The number of aromatic nitrogens is 2. The van der Waals surface area contributed by atoms with Crippen molar-refractivity contribution in [3.8, 4) is 0 Å². The molecular formula is C17H25N5. The van der Waals surface area contributed by atoms with Gasteiger partial charge in [0.2, 0.25) is 5.95 Å². The molecule has 5 N–H and O–H groups in total. The van der Waals surface area contributed by atoms with Crippen molar-refractivity contribution < 1.29 is 0 Å². The van der Waals surface area contributed by atoms with Gasteiger partial charge in [0.05, 0.1) is 6.17 Å². The Morgan fingerprint density at radius 3 is 2.64 bits per heavy atom. The predicted molar refractivity (Wildman–Crippen MR) is 91.4 cm³/mol. The van der Waals surface area contributed by atoms with Gasteiger partial charge in [-0.25, -0.2) is 4.98 Å². The second-order valence-electron chi connectivity index (χ2n) is 5.50. The van der Waals surface area contributed by atoms with E-state index in [1.165, 1.54) is 18.4 Å². The molecule has 1 aromatic carbocycles. The summed E-state index contributed by atoms with van der Waals surface area (Å²) in [6.45, 7) is 2.18. The average Bonchev–Trinajstić information content (AvgIpc) is 2.48. The topological polar surface area (TPSA) is 89.8 Å². The van der Waals surface area contributed by atoms with E-state index in [1.807, 2.05) is 24.3 Å². The number of hydrogen-bond donors (Lipinski definition) is 3. The Bertz CT molecular complexity index is 571. The normalized spacial score (nSPS) is 12.1. The van der Waals surface area contributed by atoms with E-state index < -0.39 is 0 Å². The van der Waals surface area contributed by atoms with Crippen LogP contribution in [0.15, 0.2) is 36.4 Å². The summed E-state index contributed by atoms with van der Waals surface area (Å²) in [6, 6.07) is 12.1. The van der Waals surface area contributed by atoms with Crippen molar-refractivity contribution in [2.24, 2.45) is 5.73 Å². The van der Waals surface area contributed by atoms with E-state index >= 15 is 0 Å². The number of hydrogen-bond acceptors (Lipinski definition) is 5. The van der Waals surface area contributed by atoms with Gasteiger partial charge in [-0.1, -0.05) is 50.1 Å². The Kier molecular flexibility index (Phi) is 6.15. The van der Waals surface area contributed by atoms with Gasteiger partial charge >= 0.3 is 0 Å². The van der Waals surface area contributed by atoms with Crippen LogP contribution in [0.2, 0.25) is 0 Å². The van der Waals surface area contributed by atoms with Gasteiger partial charge in [-0.05, 0) is 18.4 Å². The number of nitrogens with zero attached hydrogens (tertiary/aromatic N) is 2. The largest absolute Gasteiger partial charge is 0.368 e. The van der Waals surface area contributed by atoms with E-state index in [4.69, 9.17) is 11.5 Å². The molecular weight excluding hydrogens is 274 g/mol. The predicted octanol–water partition coefficient (Wildman–Crippen LogP) is 2.73. The van der Waals surface area contributed by atoms with Crippen LogP contribution in [0.3, 0.4) is 0 Å². The summed E-state index contributed by atoms with van der Waals surface area (Å²) in [5, 5.41) is 3.21. The maximum atomic E-state index is 6.15. The molecule has 1 unspecified atom stereocenters. The first kappa shape index (κ1) is 16.2. The number of benzene rings is 1. The Hall–Kier alpha value is -2.14. The molecule has 0 aliphatic carbocycles. The van der Waals surface area contributed by atoms with Gasteiger partial charge in [0, 0.05) is 18.2 Å².